The third-order valence-corrected chi connectivity index (χ3v) is 4.19. The molecule has 1 aromatic heterocycles. The van der Waals surface area contributed by atoms with Gasteiger partial charge in [-0.05, 0) is 18.2 Å². The average molecular weight is 279 g/mol. The highest BCUT2D eigenvalue weighted by molar-refractivity contribution is 8.01. The van der Waals surface area contributed by atoms with Gasteiger partial charge in [-0.3, -0.25) is 4.79 Å². The minimum atomic E-state index is -0.0333. The Morgan fingerprint density at radius 1 is 1.44 bits per heavy atom. The van der Waals surface area contributed by atoms with Gasteiger partial charge in [-0.2, -0.15) is 0 Å². The van der Waals surface area contributed by atoms with Crippen molar-refractivity contribution in [3.05, 3.63) is 35.3 Å². The van der Waals surface area contributed by atoms with Gasteiger partial charge in [-0.25, -0.2) is 4.98 Å². The van der Waals surface area contributed by atoms with E-state index in [1.54, 1.807) is 37.3 Å². The lowest BCUT2D eigenvalue weighted by Crippen LogP contribution is -2.22. The van der Waals surface area contributed by atoms with E-state index in [1.807, 2.05) is 11.4 Å². The van der Waals surface area contributed by atoms with Gasteiger partial charge in [0.25, 0.3) is 5.91 Å². The van der Waals surface area contributed by atoms with Crippen LogP contribution in [0.2, 0.25) is 0 Å². The van der Waals surface area contributed by atoms with Gasteiger partial charge < -0.3 is 10.6 Å². The Morgan fingerprint density at radius 2 is 2.22 bits per heavy atom. The topological polar surface area (TPSA) is 59.2 Å². The fourth-order valence-electron chi connectivity index (χ4n) is 1.40. The second kappa shape index (κ2) is 5.41. The lowest BCUT2D eigenvalue weighted by atomic mass is 10.2. The lowest BCUT2D eigenvalue weighted by Gasteiger charge is -2.13. The van der Waals surface area contributed by atoms with Gasteiger partial charge in [-0.1, -0.05) is 11.8 Å². The van der Waals surface area contributed by atoms with Gasteiger partial charge in [0.2, 0.25) is 0 Å². The first kappa shape index (κ1) is 12.9. The summed E-state index contributed by atoms with van der Waals surface area (Å²) in [6.45, 7) is 0. The van der Waals surface area contributed by atoms with Crippen LogP contribution in [0, 0.1) is 0 Å². The standard InChI is InChI=1S/C12H13N3OS2/c1-15(2)11(16)9-4-3-8(13)7-10(9)18-12-14-5-6-17-12/h3-7H,13H2,1-2H3. The van der Waals surface area contributed by atoms with E-state index in [0.29, 0.717) is 11.3 Å². The van der Waals surface area contributed by atoms with E-state index in [9.17, 15) is 4.79 Å². The van der Waals surface area contributed by atoms with Crippen molar-refractivity contribution >= 4 is 34.7 Å². The highest BCUT2D eigenvalue weighted by atomic mass is 32.2. The third kappa shape index (κ3) is 2.83. The van der Waals surface area contributed by atoms with Crippen molar-refractivity contribution in [1.82, 2.24) is 9.88 Å². The molecule has 1 amide bonds. The Balaban J connectivity index is 2.38. The number of nitrogens with zero attached hydrogens (tertiary/aromatic N) is 2. The molecule has 0 bridgehead atoms. The molecule has 2 rings (SSSR count). The normalized spacial score (nSPS) is 10.3. The summed E-state index contributed by atoms with van der Waals surface area (Å²) < 4.78 is 0.897. The molecule has 94 valence electrons. The van der Waals surface area contributed by atoms with E-state index in [0.717, 1.165) is 9.24 Å². The molecule has 0 aliphatic rings. The smallest absolute Gasteiger partial charge is 0.254 e. The molecule has 18 heavy (non-hydrogen) atoms. The number of carbonyl (C=O) groups excluding carboxylic acids is 1. The number of carbonyl (C=O) groups is 1. The number of anilines is 1. The second-order valence-electron chi connectivity index (χ2n) is 3.86. The van der Waals surface area contributed by atoms with Crippen LogP contribution in [0.1, 0.15) is 10.4 Å². The zero-order chi connectivity index (χ0) is 13.1. The summed E-state index contributed by atoms with van der Waals surface area (Å²) in [7, 11) is 3.47. The van der Waals surface area contributed by atoms with Gasteiger partial charge in [0, 0.05) is 36.3 Å². The highest BCUT2D eigenvalue weighted by Gasteiger charge is 2.15. The summed E-state index contributed by atoms with van der Waals surface area (Å²) in [5.41, 5.74) is 7.07. The SMILES string of the molecule is CN(C)C(=O)c1ccc(N)cc1Sc1nccs1. The molecular weight excluding hydrogens is 266 g/mol. The predicted octanol–water partition coefficient (Wildman–Crippen LogP) is 2.58. The van der Waals surface area contributed by atoms with Gasteiger partial charge in [0.05, 0.1) is 5.56 Å². The van der Waals surface area contributed by atoms with E-state index < -0.39 is 0 Å². The first-order valence-corrected chi connectivity index (χ1v) is 6.96. The summed E-state index contributed by atoms with van der Waals surface area (Å²) in [5, 5.41) is 1.90. The molecule has 1 aromatic carbocycles. The Labute approximate surface area is 114 Å². The minimum Gasteiger partial charge on any atom is -0.399 e. The Morgan fingerprint density at radius 3 is 2.83 bits per heavy atom. The first-order chi connectivity index (χ1) is 8.58. The number of hydrogen-bond acceptors (Lipinski definition) is 5. The predicted molar refractivity (Wildman–Crippen MR) is 75.1 cm³/mol. The van der Waals surface area contributed by atoms with Crippen molar-refractivity contribution in [2.45, 2.75) is 9.24 Å². The van der Waals surface area contributed by atoms with Crippen LogP contribution in [0.5, 0.6) is 0 Å². The monoisotopic (exact) mass is 279 g/mol. The Kier molecular flexibility index (Phi) is 3.88. The number of benzene rings is 1. The number of rotatable bonds is 3. The molecule has 0 unspecified atom stereocenters. The molecule has 4 nitrogen and oxygen atoms in total. The maximum atomic E-state index is 12.1. The van der Waals surface area contributed by atoms with Crippen molar-refractivity contribution in [3.63, 3.8) is 0 Å². The van der Waals surface area contributed by atoms with E-state index in [1.165, 1.54) is 23.1 Å². The maximum Gasteiger partial charge on any atom is 0.254 e. The Bertz CT molecular complexity index is 552. The number of thiazole rings is 1. The molecule has 0 radical (unpaired) electrons. The molecular formula is C12H13N3OS2. The lowest BCUT2D eigenvalue weighted by molar-refractivity contribution is 0.0824. The van der Waals surface area contributed by atoms with E-state index in [-0.39, 0.29) is 5.91 Å². The first-order valence-electron chi connectivity index (χ1n) is 5.26. The van der Waals surface area contributed by atoms with Crippen LogP contribution in [-0.4, -0.2) is 29.9 Å². The van der Waals surface area contributed by atoms with Gasteiger partial charge in [0.1, 0.15) is 0 Å². The molecule has 2 aromatic rings. The van der Waals surface area contributed by atoms with Crippen molar-refractivity contribution < 1.29 is 4.79 Å². The average Bonchev–Trinajstić information content (AvgIpc) is 2.81. The van der Waals surface area contributed by atoms with E-state index >= 15 is 0 Å². The number of aromatic nitrogens is 1. The van der Waals surface area contributed by atoms with Gasteiger partial charge >= 0.3 is 0 Å². The van der Waals surface area contributed by atoms with Crippen LogP contribution in [0.15, 0.2) is 39.0 Å². The number of hydrogen-bond donors (Lipinski definition) is 1. The molecule has 1 heterocycles. The molecule has 2 N–H and O–H groups in total. The number of nitrogens with two attached hydrogens (primary N) is 1. The molecule has 0 saturated carbocycles. The van der Waals surface area contributed by atoms with Crippen molar-refractivity contribution in [2.24, 2.45) is 0 Å². The summed E-state index contributed by atoms with van der Waals surface area (Å²) in [5.74, 6) is -0.0333. The molecule has 0 atom stereocenters. The zero-order valence-electron chi connectivity index (χ0n) is 10.1. The molecule has 0 aliphatic carbocycles. The third-order valence-electron chi connectivity index (χ3n) is 2.25. The fraction of sp³-hybridized carbons (Fsp3) is 0.167. The van der Waals surface area contributed by atoms with Crippen LogP contribution < -0.4 is 5.73 Å². The summed E-state index contributed by atoms with van der Waals surface area (Å²) in [6.07, 6.45) is 1.74. The molecule has 0 saturated heterocycles. The quantitative estimate of drug-likeness (QED) is 0.877. The van der Waals surface area contributed by atoms with Crippen LogP contribution in [-0.2, 0) is 0 Å². The molecule has 0 aliphatic heterocycles. The van der Waals surface area contributed by atoms with Crippen molar-refractivity contribution in [1.29, 1.82) is 0 Å². The molecule has 6 heteroatoms. The van der Waals surface area contributed by atoms with Crippen LogP contribution >= 0.6 is 23.1 Å². The summed E-state index contributed by atoms with van der Waals surface area (Å²) in [6, 6.07) is 5.30. The summed E-state index contributed by atoms with van der Waals surface area (Å²) >= 11 is 3.00. The number of nitrogen functional groups attached to an aromatic ring is 1. The van der Waals surface area contributed by atoms with Gasteiger partial charge in [0.15, 0.2) is 4.34 Å². The maximum absolute atomic E-state index is 12.1. The highest BCUT2D eigenvalue weighted by Crippen LogP contribution is 2.33. The van der Waals surface area contributed by atoms with Crippen LogP contribution in [0.3, 0.4) is 0 Å². The summed E-state index contributed by atoms with van der Waals surface area (Å²) in [4.78, 5) is 18.7. The number of amides is 1. The zero-order valence-corrected chi connectivity index (χ0v) is 11.7. The second-order valence-corrected chi connectivity index (χ2v) is 6.04. The van der Waals surface area contributed by atoms with Gasteiger partial charge in [-0.15, -0.1) is 11.3 Å². The molecule has 0 fully saturated rings. The largest absolute Gasteiger partial charge is 0.399 e. The molecule has 0 spiro atoms. The van der Waals surface area contributed by atoms with E-state index in [2.05, 4.69) is 4.98 Å². The minimum absolute atomic E-state index is 0.0333. The van der Waals surface area contributed by atoms with Crippen molar-refractivity contribution in [2.75, 3.05) is 19.8 Å². The van der Waals surface area contributed by atoms with E-state index in [4.69, 9.17) is 5.73 Å². The fourth-order valence-corrected chi connectivity index (χ4v) is 3.15. The van der Waals surface area contributed by atoms with Crippen LogP contribution in [0.4, 0.5) is 5.69 Å². The van der Waals surface area contributed by atoms with Crippen LogP contribution in [0.25, 0.3) is 0 Å². The Hall–Kier alpha value is -1.53. The van der Waals surface area contributed by atoms with Crippen molar-refractivity contribution in [3.8, 4) is 0 Å².